The number of nitrogens with one attached hydrogen (secondary N) is 2. The molecule has 0 aliphatic heterocycles. The van der Waals surface area contributed by atoms with Crippen molar-refractivity contribution in [2.75, 3.05) is 6.61 Å². The van der Waals surface area contributed by atoms with Gasteiger partial charge in [0.25, 0.3) is 0 Å². The predicted molar refractivity (Wildman–Crippen MR) is 65.9 cm³/mol. The molecule has 3 heteroatoms. The number of aromatic amines is 1. The number of benzene rings is 1. The second kappa shape index (κ2) is 5.14. The van der Waals surface area contributed by atoms with Crippen LogP contribution in [-0.4, -0.2) is 11.6 Å². The molecule has 3 nitrogen and oxygen atoms in total. The SMILES string of the molecule is CC(C)CONCc1c[nH]c2ccccc12. The van der Waals surface area contributed by atoms with E-state index < -0.39 is 0 Å². The van der Waals surface area contributed by atoms with Crippen molar-refractivity contribution in [2.45, 2.75) is 20.4 Å². The highest BCUT2D eigenvalue weighted by Crippen LogP contribution is 2.17. The Morgan fingerprint density at radius 1 is 1.31 bits per heavy atom. The van der Waals surface area contributed by atoms with Crippen LogP contribution in [0, 0.1) is 5.92 Å². The average Bonchev–Trinajstić information content (AvgIpc) is 2.68. The third-order valence-electron chi connectivity index (χ3n) is 2.46. The molecule has 1 aromatic carbocycles. The summed E-state index contributed by atoms with van der Waals surface area (Å²) < 4.78 is 0. The van der Waals surface area contributed by atoms with Gasteiger partial charge in [-0.05, 0) is 17.5 Å². The highest BCUT2D eigenvalue weighted by molar-refractivity contribution is 5.82. The first-order valence-electron chi connectivity index (χ1n) is 5.67. The summed E-state index contributed by atoms with van der Waals surface area (Å²) in [7, 11) is 0. The van der Waals surface area contributed by atoms with Crippen molar-refractivity contribution in [3.05, 3.63) is 36.0 Å². The van der Waals surface area contributed by atoms with Gasteiger partial charge in [0.15, 0.2) is 0 Å². The molecule has 86 valence electrons. The molecule has 2 N–H and O–H groups in total. The second-order valence-corrected chi connectivity index (χ2v) is 4.39. The molecular formula is C13H18N2O. The van der Waals surface area contributed by atoms with Crippen molar-refractivity contribution < 1.29 is 4.84 Å². The van der Waals surface area contributed by atoms with Gasteiger partial charge in [-0.1, -0.05) is 32.0 Å². The van der Waals surface area contributed by atoms with Crippen LogP contribution in [-0.2, 0) is 11.4 Å². The third kappa shape index (κ3) is 2.62. The molecule has 0 aliphatic carbocycles. The normalized spacial score (nSPS) is 11.4. The number of hydroxylamine groups is 1. The summed E-state index contributed by atoms with van der Waals surface area (Å²) in [5.74, 6) is 0.551. The van der Waals surface area contributed by atoms with E-state index in [-0.39, 0.29) is 0 Å². The minimum Gasteiger partial charge on any atom is -0.361 e. The average molecular weight is 218 g/mol. The van der Waals surface area contributed by atoms with Gasteiger partial charge in [-0.25, -0.2) is 0 Å². The van der Waals surface area contributed by atoms with Crippen molar-refractivity contribution in [1.29, 1.82) is 0 Å². The van der Waals surface area contributed by atoms with Gasteiger partial charge in [0.05, 0.1) is 6.61 Å². The fourth-order valence-corrected chi connectivity index (χ4v) is 1.63. The number of hydrogen-bond donors (Lipinski definition) is 2. The predicted octanol–water partition coefficient (Wildman–Crippen LogP) is 2.85. The Kier molecular flexibility index (Phi) is 3.59. The first-order valence-corrected chi connectivity index (χ1v) is 5.67. The third-order valence-corrected chi connectivity index (χ3v) is 2.46. The Morgan fingerprint density at radius 2 is 2.12 bits per heavy atom. The van der Waals surface area contributed by atoms with E-state index in [2.05, 4.69) is 42.5 Å². The van der Waals surface area contributed by atoms with Gasteiger partial charge in [0, 0.05) is 23.6 Å². The monoisotopic (exact) mass is 218 g/mol. The molecule has 0 fully saturated rings. The first-order chi connectivity index (χ1) is 7.77. The van der Waals surface area contributed by atoms with Gasteiger partial charge in [0.2, 0.25) is 0 Å². The first kappa shape index (κ1) is 11.2. The van der Waals surface area contributed by atoms with E-state index >= 15 is 0 Å². The Hall–Kier alpha value is -1.32. The van der Waals surface area contributed by atoms with E-state index in [1.807, 2.05) is 12.3 Å². The Morgan fingerprint density at radius 3 is 2.94 bits per heavy atom. The number of fused-ring (bicyclic) bond motifs is 1. The van der Waals surface area contributed by atoms with E-state index in [1.54, 1.807) is 0 Å². The van der Waals surface area contributed by atoms with Crippen LogP contribution in [0.15, 0.2) is 30.5 Å². The highest BCUT2D eigenvalue weighted by atomic mass is 16.6. The lowest BCUT2D eigenvalue weighted by Gasteiger charge is -2.07. The molecule has 0 saturated carbocycles. The highest BCUT2D eigenvalue weighted by Gasteiger charge is 2.02. The molecule has 2 rings (SSSR count). The van der Waals surface area contributed by atoms with E-state index in [9.17, 15) is 0 Å². The van der Waals surface area contributed by atoms with Crippen molar-refractivity contribution in [1.82, 2.24) is 10.5 Å². The van der Waals surface area contributed by atoms with Gasteiger partial charge < -0.3 is 9.82 Å². The van der Waals surface area contributed by atoms with E-state index in [1.165, 1.54) is 16.5 Å². The summed E-state index contributed by atoms with van der Waals surface area (Å²) >= 11 is 0. The van der Waals surface area contributed by atoms with Crippen molar-refractivity contribution in [3.8, 4) is 0 Å². The second-order valence-electron chi connectivity index (χ2n) is 4.39. The molecular weight excluding hydrogens is 200 g/mol. The molecule has 0 aliphatic rings. The lowest BCUT2D eigenvalue weighted by molar-refractivity contribution is 0.0198. The van der Waals surface area contributed by atoms with Crippen LogP contribution in [0.1, 0.15) is 19.4 Å². The molecule has 1 heterocycles. The van der Waals surface area contributed by atoms with Crippen LogP contribution >= 0.6 is 0 Å². The maximum absolute atomic E-state index is 5.35. The van der Waals surface area contributed by atoms with Crippen LogP contribution in [0.3, 0.4) is 0 Å². The Labute approximate surface area is 95.8 Å². The molecule has 0 saturated heterocycles. The lowest BCUT2D eigenvalue weighted by Crippen LogP contribution is -2.17. The Bertz CT molecular complexity index is 448. The number of H-pyrrole nitrogens is 1. The maximum Gasteiger partial charge on any atom is 0.0705 e. The minimum atomic E-state index is 0.551. The summed E-state index contributed by atoms with van der Waals surface area (Å²) in [5, 5.41) is 1.25. The van der Waals surface area contributed by atoms with E-state index in [0.717, 1.165) is 13.2 Å². The van der Waals surface area contributed by atoms with Crippen molar-refractivity contribution >= 4 is 10.9 Å². The van der Waals surface area contributed by atoms with E-state index in [0.29, 0.717) is 5.92 Å². The fourth-order valence-electron chi connectivity index (χ4n) is 1.63. The quantitative estimate of drug-likeness (QED) is 0.598. The number of para-hydroxylation sites is 1. The smallest absolute Gasteiger partial charge is 0.0705 e. The summed E-state index contributed by atoms with van der Waals surface area (Å²) in [6, 6.07) is 8.28. The van der Waals surface area contributed by atoms with Gasteiger partial charge in [-0.2, -0.15) is 5.48 Å². The molecule has 16 heavy (non-hydrogen) atoms. The van der Waals surface area contributed by atoms with Gasteiger partial charge in [-0.15, -0.1) is 0 Å². The molecule has 0 bridgehead atoms. The number of hydrogen-bond acceptors (Lipinski definition) is 2. The number of aromatic nitrogens is 1. The summed E-state index contributed by atoms with van der Waals surface area (Å²) in [6.07, 6.45) is 2.02. The Balaban J connectivity index is 1.94. The van der Waals surface area contributed by atoms with Gasteiger partial charge >= 0.3 is 0 Å². The van der Waals surface area contributed by atoms with E-state index in [4.69, 9.17) is 4.84 Å². The maximum atomic E-state index is 5.35. The molecule has 2 aromatic rings. The minimum absolute atomic E-state index is 0.551. The summed E-state index contributed by atoms with van der Waals surface area (Å²) in [6.45, 7) is 5.74. The topological polar surface area (TPSA) is 37.0 Å². The molecule has 0 amide bonds. The van der Waals surface area contributed by atoms with Gasteiger partial charge in [-0.3, -0.25) is 0 Å². The van der Waals surface area contributed by atoms with Crippen LogP contribution < -0.4 is 5.48 Å². The zero-order valence-electron chi connectivity index (χ0n) is 9.79. The molecule has 0 spiro atoms. The molecule has 0 radical (unpaired) electrons. The fraction of sp³-hybridized carbons (Fsp3) is 0.385. The summed E-state index contributed by atoms with van der Waals surface area (Å²) in [4.78, 5) is 8.60. The molecule has 0 unspecified atom stereocenters. The number of rotatable bonds is 5. The van der Waals surface area contributed by atoms with Crippen LogP contribution in [0.4, 0.5) is 0 Å². The zero-order chi connectivity index (χ0) is 11.4. The summed E-state index contributed by atoms with van der Waals surface area (Å²) in [5.41, 5.74) is 5.40. The standard InChI is InChI=1S/C13H18N2O/c1-10(2)9-16-15-8-11-7-14-13-6-4-3-5-12(11)13/h3-7,10,14-15H,8-9H2,1-2H3. The van der Waals surface area contributed by atoms with Crippen LogP contribution in [0.2, 0.25) is 0 Å². The van der Waals surface area contributed by atoms with Crippen molar-refractivity contribution in [2.24, 2.45) is 5.92 Å². The van der Waals surface area contributed by atoms with Crippen LogP contribution in [0.25, 0.3) is 10.9 Å². The van der Waals surface area contributed by atoms with Crippen molar-refractivity contribution in [3.63, 3.8) is 0 Å². The largest absolute Gasteiger partial charge is 0.361 e. The van der Waals surface area contributed by atoms with Gasteiger partial charge in [0.1, 0.15) is 0 Å². The lowest BCUT2D eigenvalue weighted by atomic mass is 10.2. The van der Waals surface area contributed by atoms with Crippen LogP contribution in [0.5, 0.6) is 0 Å². The molecule has 0 atom stereocenters. The molecule has 1 aromatic heterocycles. The zero-order valence-corrected chi connectivity index (χ0v) is 9.79.